The van der Waals surface area contributed by atoms with E-state index >= 15 is 0 Å². The Morgan fingerprint density at radius 1 is 1.42 bits per heavy atom. The van der Waals surface area contributed by atoms with Gasteiger partial charge in [0.1, 0.15) is 6.23 Å². The summed E-state index contributed by atoms with van der Waals surface area (Å²) in [6.45, 7) is 9.02. The van der Waals surface area contributed by atoms with Gasteiger partial charge in [-0.25, -0.2) is 0 Å². The van der Waals surface area contributed by atoms with Crippen LogP contribution in [0.2, 0.25) is 0 Å². The lowest BCUT2D eigenvalue weighted by Crippen LogP contribution is -2.39. The average Bonchev–Trinajstić information content (AvgIpc) is 2.06. The maximum absolute atomic E-state index is 11.3. The van der Waals surface area contributed by atoms with E-state index in [1.807, 2.05) is 27.7 Å². The van der Waals surface area contributed by atoms with Crippen molar-refractivity contribution in [3.05, 3.63) is 0 Å². The monoisotopic (exact) mass is 173 g/mol. The van der Waals surface area contributed by atoms with Crippen LogP contribution < -0.4 is 0 Å². The van der Waals surface area contributed by atoms with Crippen molar-refractivity contribution >= 4 is 5.91 Å². The standard InChI is InChI=1S/C9H19NO2/c1-5-9(11)10(6-2)8(4)12-7-3/h8H,5-7H2,1-4H3. The first kappa shape index (κ1) is 11.4. The molecule has 0 fully saturated rings. The van der Waals surface area contributed by atoms with E-state index in [1.54, 1.807) is 4.90 Å². The molecule has 0 radical (unpaired) electrons. The zero-order valence-corrected chi connectivity index (χ0v) is 8.46. The Bertz CT molecular complexity index is 136. The smallest absolute Gasteiger partial charge is 0.224 e. The lowest BCUT2D eigenvalue weighted by molar-refractivity contribution is -0.143. The molecule has 0 heterocycles. The summed E-state index contributed by atoms with van der Waals surface area (Å²) in [6.07, 6.45) is 0.457. The topological polar surface area (TPSA) is 29.5 Å². The summed E-state index contributed by atoms with van der Waals surface area (Å²) in [4.78, 5) is 13.0. The zero-order chi connectivity index (χ0) is 9.56. The molecule has 0 bridgehead atoms. The van der Waals surface area contributed by atoms with Crippen LogP contribution in [0.1, 0.15) is 34.1 Å². The van der Waals surface area contributed by atoms with Gasteiger partial charge in [-0.3, -0.25) is 4.79 Å². The quantitative estimate of drug-likeness (QED) is 0.591. The van der Waals surface area contributed by atoms with Crippen molar-refractivity contribution in [1.29, 1.82) is 0 Å². The number of nitrogens with zero attached hydrogens (tertiary/aromatic N) is 1. The fraction of sp³-hybridized carbons (Fsp3) is 0.889. The number of carbonyl (C=O) groups is 1. The Kier molecular flexibility index (Phi) is 5.72. The minimum absolute atomic E-state index is 0.0903. The van der Waals surface area contributed by atoms with Crippen LogP contribution in [0.25, 0.3) is 0 Å². The molecule has 0 aliphatic heterocycles. The molecule has 0 spiro atoms. The fourth-order valence-electron chi connectivity index (χ4n) is 1.17. The molecule has 0 saturated heterocycles. The minimum atomic E-state index is -0.0903. The first-order valence-electron chi connectivity index (χ1n) is 4.58. The molecule has 72 valence electrons. The summed E-state index contributed by atoms with van der Waals surface area (Å²) in [5, 5.41) is 0. The van der Waals surface area contributed by atoms with E-state index in [0.717, 1.165) is 0 Å². The van der Waals surface area contributed by atoms with Gasteiger partial charge in [-0.15, -0.1) is 0 Å². The molecule has 0 aliphatic rings. The van der Waals surface area contributed by atoms with Crippen molar-refractivity contribution in [2.45, 2.75) is 40.3 Å². The van der Waals surface area contributed by atoms with Gasteiger partial charge in [0.25, 0.3) is 0 Å². The number of carbonyl (C=O) groups excluding carboxylic acids is 1. The number of amides is 1. The van der Waals surface area contributed by atoms with E-state index in [9.17, 15) is 4.79 Å². The summed E-state index contributed by atoms with van der Waals surface area (Å²) < 4.78 is 5.32. The van der Waals surface area contributed by atoms with Crippen LogP contribution in [0.5, 0.6) is 0 Å². The molecule has 1 amide bonds. The SMILES string of the molecule is CCOC(C)N(CC)C(=O)CC. The zero-order valence-electron chi connectivity index (χ0n) is 8.46. The third-order valence-electron chi connectivity index (χ3n) is 1.81. The van der Waals surface area contributed by atoms with Crippen molar-refractivity contribution in [2.75, 3.05) is 13.2 Å². The Morgan fingerprint density at radius 2 is 2.00 bits per heavy atom. The van der Waals surface area contributed by atoms with Crippen LogP contribution in [0.15, 0.2) is 0 Å². The largest absolute Gasteiger partial charge is 0.359 e. The molecule has 0 N–H and O–H groups in total. The molecule has 12 heavy (non-hydrogen) atoms. The van der Waals surface area contributed by atoms with Gasteiger partial charge in [-0.2, -0.15) is 0 Å². The molecular formula is C9H19NO2. The minimum Gasteiger partial charge on any atom is -0.359 e. The molecule has 0 aromatic heterocycles. The van der Waals surface area contributed by atoms with Gasteiger partial charge in [-0.05, 0) is 20.8 Å². The third-order valence-corrected chi connectivity index (χ3v) is 1.81. The predicted octanol–water partition coefficient (Wildman–Crippen LogP) is 1.63. The van der Waals surface area contributed by atoms with Crippen molar-refractivity contribution in [3.8, 4) is 0 Å². The first-order chi connectivity index (χ1) is 5.67. The Morgan fingerprint density at radius 3 is 2.33 bits per heavy atom. The second kappa shape index (κ2) is 6.00. The highest BCUT2D eigenvalue weighted by Crippen LogP contribution is 2.02. The maximum Gasteiger partial charge on any atom is 0.224 e. The Balaban J connectivity index is 4.03. The Labute approximate surface area is 74.7 Å². The van der Waals surface area contributed by atoms with E-state index in [-0.39, 0.29) is 12.1 Å². The molecule has 1 unspecified atom stereocenters. The van der Waals surface area contributed by atoms with Gasteiger partial charge in [0.05, 0.1) is 0 Å². The molecule has 0 rings (SSSR count). The number of ether oxygens (including phenoxy) is 1. The van der Waals surface area contributed by atoms with Crippen molar-refractivity contribution < 1.29 is 9.53 Å². The molecular weight excluding hydrogens is 154 g/mol. The average molecular weight is 173 g/mol. The van der Waals surface area contributed by atoms with Crippen LogP contribution in [-0.2, 0) is 9.53 Å². The summed E-state index contributed by atoms with van der Waals surface area (Å²) in [5.74, 6) is 0.151. The van der Waals surface area contributed by atoms with Crippen LogP contribution in [0, 0.1) is 0 Å². The molecule has 0 aromatic carbocycles. The highest BCUT2D eigenvalue weighted by Gasteiger charge is 2.15. The summed E-state index contributed by atoms with van der Waals surface area (Å²) in [7, 11) is 0. The van der Waals surface area contributed by atoms with Gasteiger partial charge < -0.3 is 9.64 Å². The fourth-order valence-corrected chi connectivity index (χ4v) is 1.17. The number of rotatable bonds is 5. The second-order valence-corrected chi connectivity index (χ2v) is 2.59. The highest BCUT2D eigenvalue weighted by molar-refractivity contribution is 5.75. The molecule has 1 atom stereocenters. The van der Waals surface area contributed by atoms with Gasteiger partial charge >= 0.3 is 0 Å². The van der Waals surface area contributed by atoms with E-state index in [1.165, 1.54) is 0 Å². The summed E-state index contributed by atoms with van der Waals surface area (Å²) >= 11 is 0. The molecule has 3 nitrogen and oxygen atoms in total. The lowest BCUT2D eigenvalue weighted by Gasteiger charge is -2.27. The number of hydrogen-bond donors (Lipinski definition) is 0. The van der Waals surface area contributed by atoms with Crippen molar-refractivity contribution in [1.82, 2.24) is 4.90 Å². The van der Waals surface area contributed by atoms with E-state index in [2.05, 4.69) is 0 Å². The van der Waals surface area contributed by atoms with Crippen molar-refractivity contribution in [3.63, 3.8) is 0 Å². The molecule has 0 aromatic rings. The first-order valence-corrected chi connectivity index (χ1v) is 4.58. The lowest BCUT2D eigenvalue weighted by atomic mass is 10.3. The molecule has 3 heteroatoms. The van der Waals surface area contributed by atoms with Gasteiger partial charge in [0, 0.05) is 19.6 Å². The summed E-state index contributed by atoms with van der Waals surface area (Å²) in [5.41, 5.74) is 0. The normalized spacial score (nSPS) is 12.7. The van der Waals surface area contributed by atoms with E-state index in [4.69, 9.17) is 4.74 Å². The molecule has 0 aliphatic carbocycles. The second-order valence-electron chi connectivity index (χ2n) is 2.59. The van der Waals surface area contributed by atoms with Gasteiger partial charge in [-0.1, -0.05) is 6.92 Å². The van der Waals surface area contributed by atoms with Crippen molar-refractivity contribution in [2.24, 2.45) is 0 Å². The predicted molar refractivity (Wildman–Crippen MR) is 48.8 cm³/mol. The molecule has 0 saturated carbocycles. The maximum atomic E-state index is 11.3. The van der Waals surface area contributed by atoms with Gasteiger partial charge in [0.15, 0.2) is 0 Å². The summed E-state index contributed by atoms with van der Waals surface area (Å²) in [6, 6.07) is 0. The van der Waals surface area contributed by atoms with Crippen LogP contribution in [-0.4, -0.2) is 30.2 Å². The number of hydrogen-bond acceptors (Lipinski definition) is 2. The van der Waals surface area contributed by atoms with Gasteiger partial charge in [0.2, 0.25) is 5.91 Å². The van der Waals surface area contributed by atoms with Crippen LogP contribution in [0.3, 0.4) is 0 Å². The van der Waals surface area contributed by atoms with E-state index in [0.29, 0.717) is 19.6 Å². The van der Waals surface area contributed by atoms with E-state index < -0.39 is 0 Å². The highest BCUT2D eigenvalue weighted by atomic mass is 16.5. The third kappa shape index (κ3) is 3.22. The van der Waals surface area contributed by atoms with Crippen LogP contribution >= 0.6 is 0 Å². The Hall–Kier alpha value is -0.570. The van der Waals surface area contributed by atoms with Crippen LogP contribution in [0.4, 0.5) is 0 Å².